The fraction of sp³-hybridized carbons (Fsp3) is 0.700. The summed E-state index contributed by atoms with van der Waals surface area (Å²) >= 11 is 0. The van der Waals surface area contributed by atoms with E-state index in [4.69, 9.17) is 0 Å². The van der Waals surface area contributed by atoms with Crippen LogP contribution in [0.2, 0.25) is 0 Å². The highest BCUT2D eigenvalue weighted by atomic mass is 15.2. The number of hydrogen-bond donors (Lipinski definition) is 1. The Labute approximate surface area is 84.2 Å². The molecule has 1 N–H and O–H groups in total. The fourth-order valence-electron chi connectivity index (χ4n) is 1.27. The van der Waals surface area contributed by atoms with Crippen molar-refractivity contribution in [2.75, 3.05) is 5.32 Å². The van der Waals surface area contributed by atoms with E-state index in [-0.39, 0.29) is 0 Å². The summed E-state index contributed by atoms with van der Waals surface area (Å²) in [7, 11) is 0. The van der Waals surface area contributed by atoms with Gasteiger partial charge in [-0.25, -0.2) is 9.97 Å². The van der Waals surface area contributed by atoms with Crippen LogP contribution in [0.4, 0.5) is 5.95 Å². The van der Waals surface area contributed by atoms with Gasteiger partial charge in [0.05, 0.1) is 0 Å². The summed E-state index contributed by atoms with van der Waals surface area (Å²) in [6, 6.07) is 0.608. The lowest BCUT2D eigenvalue weighted by Crippen LogP contribution is -2.07. The molecule has 1 aliphatic rings. The van der Waals surface area contributed by atoms with Gasteiger partial charge in [-0.1, -0.05) is 13.3 Å². The first-order valence-electron chi connectivity index (χ1n) is 5.33. The molecule has 0 radical (unpaired) electrons. The van der Waals surface area contributed by atoms with Crippen molar-refractivity contribution in [2.45, 2.75) is 45.1 Å². The van der Waals surface area contributed by atoms with Crippen LogP contribution < -0.4 is 5.32 Å². The molecule has 0 bridgehead atoms. The lowest BCUT2D eigenvalue weighted by molar-refractivity contribution is 0.744. The van der Waals surface area contributed by atoms with Crippen molar-refractivity contribution in [1.29, 1.82) is 0 Å². The molecule has 0 aromatic carbocycles. The Morgan fingerprint density at radius 3 is 3.00 bits per heavy atom. The fourth-order valence-corrected chi connectivity index (χ4v) is 1.27. The van der Waals surface area contributed by atoms with Crippen LogP contribution in [0.15, 0.2) is 6.33 Å². The van der Waals surface area contributed by atoms with Crippen molar-refractivity contribution < 1.29 is 0 Å². The van der Waals surface area contributed by atoms with Gasteiger partial charge in [-0.3, -0.25) is 0 Å². The first-order chi connectivity index (χ1) is 6.88. The number of unbranched alkanes of at least 4 members (excludes halogenated alkanes) is 1. The van der Waals surface area contributed by atoms with Crippen molar-refractivity contribution >= 4 is 5.95 Å². The molecule has 1 aromatic rings. The van der Waals surface area contributed by atoms with Gasteiger partial charge in [-0.2, -0.15) is 4.98 Å². The van der Waals surface area contributed by atoms with E-state index in [1.54, 1.807) is 6.33 Å². The number of nitrogens with one attached hydrogen (secondary N) is 1. The van der Waals surface area contributed by atoms with E-state index in [0.717, 1.165) is 24.6 Å². The number of aryl methyl sites for hydroxylation is 1. The standard InChI is InChI=1S/C10H16N4/c1-2-3-4-9-11-7-12-10(14-9)13-8-5-6-8/h7-8H,2-6H2,1H3,(H,11,12,13,14). The van der Waals surface area contributed by atoms with Crippen LogP contribution in [0.25, 0.3) is 0 Å². The molecule has 0 amide bonds. The summed E-state index contributed by atoms with van der Waals surface area (Å²) < 4.78 is 0. The maximum Gasteiger partial charge on any atom is 0.226 e. The summed E-state index contributed by atoms with van der Waals surface area (Å²) in [6.45, 7) is 2.17. The van der Waals surface area contributed by atoms with Gasteiger partial charge in [-0.15, -0.1) is 0 Å². The number of rotatable bonds is 5. The van der Waals surface area contributed by atoms with Gasteiger partial charge >= 0.3 is 0 Å². The number of hydrogen-bond acceptors (Lipinski definition) is 4. The normalized spacial score (nSPS) is 15.5. The van der Waals surface area contributed by atoms with Crippen molar-refractivity contribution in [1.82, 2.24) is 15.0 Å². The van der Waals surface area contributed by atoms with E-state index < -0.39 is 0 Å². The van der Waals surface area contributed by atoms with Gasteiger partial charge in [0.25, 0.3) is 0 Å². The molecule has 0 atom stereocenters. The molecule has 4 nitrogen and oxygen atoms in total. The predicted molar refractivity (Wildman–Crippen MR) is 55.1 cm³/mol. The molecular formula is C10H16N4. The quantitative estimate of drug-likeness (QED) is 0.772. The summed E-state index contributed by atoms with van der Waals surface area (Å²) in [4.78, 5) is 12.6. The van der Waals surface area contributed by atoms with E-state index in [9.17, 15) is 0 Å². The molecule has 14 heavy (non-hydrogen) atoms. The van der Waals surface area contributed by atoms with Gasteiger partial charge in [0.2, 0.25) is 5.95 Å². The van der Waals surface area contributed by atoms with E-state index in [1.165, 1.54) is 19.3 Å². The minimum atomic E-state index is 0.608. The average molecular weight is 192 g/mol. The highest BCUT2D eigenvalue weighted by molar-refractivity contribution is 5.26. The SMILES string of the molecule is CCCCc1ncnc(NC2CC2)n1. The second-order valence-electron chi connectivity index (χ2n) is 3.75. The number of aromatic nitrogens is 3. The Bertz CT molecular complexity index is 296. The average Bonchev–Trinajstić information content (AvgIpc) is 2.99. The maximum absolute atomic E-state index is 4.36. The van der Waals surface area contributed by atoms with Gasteiger partial charge in [0, 0.05) is 12.5 Å². The molecule has 1 fully saturated rings. The zero-order valence-corrected chi connectivity index (χ0v) is 8.53. The first-order valence-corrected chi connectivity index (χ1v) is 5.33. The largest absolute Gasteiger partial charge is 0.351 e. The van der Waals surface area contributed by atoms with E-state index >= 15 is 0 Å². The molecule has 1 aromatic heterocycles. The Hall–Kier alpha value is -1.19. The molecule has 0 saturated heterocycles. The molecule has 0 unspecified atom stereocenters. The second kappa shape index (κ2) is 4.35. The van der Waals surface area contributed by atoms with Crippen LogP contribution >= 0.6 is 0 Å². The maximum atomic E-state index is 4.36. The molecule has 1 saturated carbocycles. The van der Waals surface area contributed by atoms with Crippen LogP contribution in [0, 0.1) is 0 Å². The van der Waals surface area contributed by atoms with Gasteiger partial charge in [0.15, 0.2) is 0 Å². The zero-order chi connectivity index (χ0) is 9.80. The van der Waals surface area contributed by atoms with E-state index in [2.05, 4.69) is 27.2 Å². The predicted octanol–water partition coefficient (Wildman–Crippen LogP) is 1.79. The minimum absolute atomic E-state index is 0.608. The van der Waals surface area contributed by atoms with Crippen molar-refractivity contribution in [3.05, 3.63) is 12.2 Å². The third-order valence-corrected chi connectivity index (χ3v) is 2.29. The van der Waals surface area contributed by atoms with Crippen LogP contribution in [0.5, 0.6) is 0 Å². The van der Waals surface area contributed by atoms with Crippen LogP contribution in [-0.4, -0.2) is 21.0 Å². The molecule has 0 spiro atoms. The third kappa shape index (κ3) is 2.65. The Morgan fingerprint density at radius 2 is 2.29 bits per heavy atom. The van der Waals surface area contributed by atoms with Crippen molar-refractivity contribution in [3.8, 4) is 0 Å². The van der Waals surface area contributed by atoms with Crippen LogP contribution in [0.1, 0.15) is 38.4 Å². The van der Waals surface area contributed by atoms with Crippen LogP contribution in [0.3, 0.4) is 0 Å². The molecule has 4 heteroatoms. The monoisotopic (exact) mass is 192 g/mol. The highest BCUT2D eigenvalue weighted by Gasteiger charge is 2.21. The summed E-state index contributed by atoms with van der Waals surface area (Å²) in [6.07, 6.45) is 7.37. The second-order valence-corrected chi connectivity index (χ2v) is 3.75. The van der Waals surface area contributed by atoms with Crippen LogP contribution in [-0.2, 0) is 6.42 Å². The third-order valence-electron chi connectivity index (χ3n) is 2.29. The lowest BCUT2D eigenvalue weighted by atomic mass is 10.2. The van der Waals surface area contributed by atoms with E-state index in [0.29, 0.717) is 6.04 Å². The van der Waals surface area contributed by atoms with E-state index in [1.807, 2.05) is 0 Å². The summed E-state index contributed by atoms with van der Waals surface area (Å²) in [5.74, 6) is 1.65. The Kier molecular flexibility index (Phi) is 2.91. The van der Waals surface area contributed by atoms with Gasteiger partial charge < -0.3 is 5.32 Å². The smallest absolute Gasteiger partial charge is 0.226 e. The molecule has 2 rings (SSSR count). The Morgan fingerprint density at radius 1 is 1.43 bits per heavy atom. The van der Waals surface area contributed by atoms with Crippen molar-refractivity contribution in [3.63, 3.8) is 0 Å². The summed E-state index contributed by atoms with van der Waals surface area (Å²) in [5, 5.41) is 3.27. The highest BCUT2D eigenvalue weighted by Crippen LogP contribution is 2.22. The molecule has 0 aliphatic heterocycles. The first kappa shape index (κ1) is 9.37. The van der Waals surface area contributed by atoms with Gasteiger partial charge in [0.1, 0.15) is 12.2 Å². The van der Waals surface area contributed by atoms with Crippen molar-refractivity contribution in [2.24, 2.45) is 0 Å². The zero-order valence-electron chi connectivity index (χ0n) is 8.53. The summed E-state index contributed by atoms with van der Waals surface area (Å²) in [5.41, 5.74) is 0. The lowest BCUT2D eigenvalue weighted by Gasteiger charge is -2.03. The minimum Gasteiger partial charge on any atom is -0.351 e. The Balaban J connectivity index is 1.94. The topological polar surface area (TPSA) is 50.7 Å². The molecule has 1 aliphatic carbocycles. The number of anilines is 1. The van der Waals surface area contributed by atoms with Gasteiger partial charge in [-0.05, 0) is 19.3 Å². The molecule has 76 valence electrons. The molecule has 1 heterocycles. The number of nitrogens with zero attached hydrogens (tertiary/aromatic N) is 3. The molecular weight excluding hydrogens is 176 g/mol.